The van der Waals surface area contributed by atoms with Crippen molar-refractivity contribution in [3.63, 3.8) is 0 Å². The minimum absolute atomic E-state index is 0.0307. The zero-order valence-corrected chi connectivity index (χ0v) is 6.97. The van der Waals surface area contributed by atoms with Crippen LogP contribution < -0.4 is 0 Å². The van der Waals surface area contributed by atoms with Gasteiger partial charge in [0.05, 0.1) is 11.9 Å². The van der Waals surface area contributed by atoms with E-state index in [0.717, 1.165) is 11.3 Å². The van der Waals surface area contributed by atoms with E-state index in [2.05, 4.69) is 9.98 Å². The van der Waals surface area contributed by atoms with Crippen molar-refractivity contribution in [3.05, 3.63) is 36.3 Å². The molecule has 0 saturated heterocycles. The SMILES string of the molecule is O=C1C=NC=C(c2ccccn2)C1. The molecule has 0 bridgehead atoms. The fourth-order valence-corrected chi connectivity index (χ4v) is 1.20. The van der Waals surface area contributed by atoms with E-state index in [-0.39, 0.29) is 5.78 Å². The van der Waals surface area contributed by atoms with Gasteiger partial charge in [-0.1, -0.05) is 6.07 Å². The number of pyridine rings is 1. The fraction of sp³-hybridized carbons (Fsp3) is 0.100. The number of aromatic nitrogens is 1. The molecule has 0 amide bonds. The third-order valence-electron chi connectivity index (χ3n) is 1.81. The van der Waals surface area contributed by atoms with Gasteiger partial charge in [-0.15, -0.1) is 0 Å². The predicted octanol–water partition coefficient (Wildman–Crippen LogP) is 1.47. The van der Waals surface area contributed by atoms with Crippen LogP contribution in [0.5, 0.6) is 0 Å². The molecule has 0 N–H and O–H groups in total. The zero-order chi connectivity index (χ0) is 9.10. The van der Waals surface area contributed by atoms with E-state index >= 15 is 0 Å². The largest absolute Gasteiger partial charge is 0.293 e. The molecule has 0 radical (unpaired) electrons. The van der Waals surface area contributed by atoms with Gasteiger partial charge in [0.15, 0.2) is 5.78 Å². The number of rotatable bonds is 1. The molecule has 0 unspecified atom stereocenters. The van der Waals surface area contributed by atoms with Crippen molar-refractivity contribution in [2.75, 3.05) is 0 Å². The van der Waals surface area contributed by atoms with Crippen molar-refractivity contribution in [1.82, 2.24) is 4.98 Å². The van der Waals surface area contributed by atoms with E-state index in [0.29, 0.717) is 6.42 Å². The molecular weight excluding hydrogens is 164 g/mol. The maximum Gasteiger partial charge on any atom is 0.178 e. The molecule has 13 heavy (non-hydrogen) atoms. The molecule has 3 nitrogen and oxygen atoms in total. The number of ketones is 1. The van der Waals surface area contributed by atoms with Crippen molar-refractivity contribution in [3.8, 4) is 0 Å². The molecule has 0 spiro atoms. The first-order valence-corrected chi connectivity index (χ1v) is 4.03. The highest BCUT2D eigenvalue weighted by Crippen LogP contribution is 2.17. The summed E-state index contributed by atoms with van der Waals surface area (Å²) in [5, 5.41) is 0. The van der Waals surface area contributed by atoms with Crippen LogP contribution in [0.4, 0.5) is 0 Å². The minimum Gasteiger partial charge on any atom is -0.293 e. The summed E-state index contributed by atoms with van der Waals surface area (Å²) < 4.78 is 0. The minimum atomic E-state index is 0.0307. The van der Waals surface area contributed by atoms with Crippen LogP contribution in [0.25, 0.3) is 5.57 Å². The Labute approximate surface area is 75.8 Å². The van der Waals surface area contributed by atoms with Gasteiger partial charge < -0.3 is 0 Å². The lowest BCUT2D eigenvalue weighted by Crippen LogP contribution is -2.04. The van der Waals surface area contributed by atoms with Crippen LogP contribution in [0.3, 0.4) is 0 Å². The Hall–Kier alpha value is -1.77. The number of allylic oxidation sites excluding steroid dienone is 1. The molecule has 3 heteroatoms. The van der Waals surface area contributed by atoms with Crippen LogP contribution in [0.1, 0.15) is 12.1 Å². The highest BCUT2D eigenvalue weighted by molar-refractivity contribution is 6.30. The lowest BCUT2D eigenvalue weighted by Gasteiger charge is -2.05. The third-order valence-corrected chi connectivity index (χ3v) is 1.81. The van der Waals surface area contributed by atoms with Gasteiger partial charge >= 0.3 is 0 Å². The molecule has 0 atom stereocenters. The molecule has 0 aliphatic carbocycles. The Morgan fingerprint density at radius 3 is 2.92 bits per heavy atom. The zero-order valence-electron chi connectivity index (χ0n) is 6.97. The van der Waals surface area contributed by atoms with Gasteiger partial charge in [-0.3, -0.25) is 14.8 Å². The number of hydrogen-bond donors (Lipinski definition) is 0. The smallest absolute Gasteiger partial charge is 0.178 e. The van der Waals surface area contributed by atoms with Crippen LogP contribution in [0.15, 0.2) is 35.6 Å². The summed E-state index contributed by atoms with van der Waals surface area (Å²) in [4.78, 5) is 19.0. The summed E-state index contributed by atoms with van der Waals surface area (Å²) >= 11 is 0. The third kappa shape index (κ3) is 1.69. The van der Waals surface area contributed by atoms with Gasteiger partial charge in [-0.25, -0.2) is 0 Å². The average Bonchev–Trinajstić information content (AvgIpc) is 2.19. The number of carbonyl (C=O) groups excluding carboxylic acids is 1. The van der Waals surface area contributed by atoms with Crippen molar-refractivity contribution in [2.24, 2.45) is 4.99 Å². The molecule has 0 fully saturated rings. The number of nitrogens with zero attached hydrogens (tertiary/aromatic N) is 2. The number of Topliss-reactive ketones (excluding diaryl/α,β-unsaturated/α-hetero) is 1. The van der Waals surface area contributed by atoms with Crippen LogP contribution >= 0.6 is 0 Å². The number of carbonyl (C=O) groups is 1. The van der Waals surface area contributed by atoms with Gasteiger partial charge in [-0.05, 0) is 12.1 Å². The van der Waals surface area contributed by atoms with E-state index in [1.165, 1.54) is 6.21 Å². The maximum absolute atomic E-state index is 11.0. The summed E-state index contributed by atoms with van der Waals surface area (Å²) in [5.41, 5.74) is 1.71. The second kappa shape index (κ2) is 3.31. The lowest BCUT2D eigenvalue weighted by molar-refractivity contribution is -0.111. The fourth-order valence-electron chi connectivity index (χ4n) is 1.20. The van der Waals surface area contributed by atoms with Crippen LogP contribution in [0.2, 0.25) is 0 Å². The molecule has 64 valence electrons. The first-order valence-electron chi connectivity index (χ1n) is 4.03. The van der Waals surface area contributed by atoms with E-state index < -0.39 is 0 Å². The molecule has 1 aromatic rings. The van der Waals surface area contributed by atoms with Crippen molar-refractivity contribution >= 4 is 17.6 Å². The highest BCUT2D eigenvalue weighted by atomic mass is 16.1. The van der Waals surface area contributed by atoms with Gasteiger partial charge in [0.2, 0.25) is 0 Å². The summed E-state index contributed by atoms with van der Waals surface area (Å²) in [6.07, 6.45) is 5.13. The lowest BCUT2D eigenvalue weighted by atomic mass is 10.1. The second-order valence-corrected chi connectivity index (χ2v) is 2.79. The molecule has 0 aromatic carbocycles. The van der Waals surface area contributed by atoms with Crippen molar-refractivity contribution in [2.45, 2.75) is 6.42 Å². The standard InChI is InChI=1S/C10H8N2O/c13-9-5-8(6-11-7-9)10-3-1-2-4-12-10/h1-4,6-7H,5H2. The Morgan fingerprint density at radius 2 is 2.23 bits per heavy atom. The second-order valence-electron chi connectivity index (χ2n) is 2.79. The number of hydrogen-bond acceptors (Lipinski definition) is 3. The van der Waals surface area contributed by atoms with E-state index in [4.69, 9.17) is 0 Å². The molecule has 0 saturated carbocycles. The topological polar surface area (TPSA) is 42.3 Å². The van der Waals surface area contributed by atoms with Gasteiger partial charge in [0.1, 0.15) is 0 Å². The average molecular weight is 172 g/mol. The Kier molecular flexibility index (Phi) is 2.00. The predicted molar refractivity (Wildman–Crippen MR) is 50.3 cm³/mol. The highest BCUT2D eigenvalue weighted by Gasteiger charge is 2.10. The molecule has 1 aromatic heterocycles. The van der Waals surface area contributed by atoms with E-state index in [9.17, 15) is 4.79 Å². The Morgan fingerprint density at radius 1 is 1.31 bits per heavy atom. The van der Waals surface area contributed by atoms with Crippen molar-refractivity contribution in [1.29, 1.82) is 0 Å². The molecule has 1 aliphatic rings. The molecule has 2 heterocycles. The summed E-state index contributed by atoms with van der Waals surface area (Å²) in [6, 6.07) is 5.61. The Balaban J connectivity index is 2.33. The van der Waals surface area contributed by atoms with Gasteiger partial charge in [-0.2, -0.15) is 0 Å². The molecule has 2 rings (SSSR count). The van der Waals surface area contributed by atoms with E-state index in [1.54, 1.807) is 12.4 Å². The molecular formula is C10H8N2O. The van der Waals surface area contributed by atoms with Crippen molar-refractivity contribution < 1.29 is 4.79 Å². The maximum atomic E-state index is 11.0. The van der Waals surface area contributed by atoms with Crippen LogP contribution in [-0.4, -0.2) is 17.0 Å². The van der Waals surface area contributed by atoms with E-state index in [1.807, 2.05) is 18.2 Å². The monoisotopic (exact) mass is 172 g/mol. The Bertz CT molecular complexity index is 379. The quantitative estimate of drug-likeness (QED) is 0.643. The van der Waals surface area contributed by atoms with Crippen LogP contribution in [0, 0.1) is 0 Å². The summed E-state index contributed by atoms with van der Waals surface area (Å²) in [6.45, 7) is 0. The van der Waals surface area contributed by atoms with Crippen LogP contribution in [-0.2, 0) is 4.79 Å². The molecule has 1 aliphatic heterocycles. The normalized spacial score (nSPS) is 15.7. The number of aliphatic imine (C=N–C) groups is 1. The van der Waals surface area contributed by atoms with Gasteiger partial charge in [0, 0.05) is 24.4 Å². The first-order chi connectivity index (χ1) is 6.36. The summed E-state index contributed by atoms with van der Waals surface area (Å²) in [5.74, 6) is 0.0307. The first kappa shape index (κ1) is 7.86. The van der Waals surface area contributed by atoms with Gasteiger partial charge in [0.25, 0.3) is 0 Å². The summed E-state index contributed by atoms with van der Waals surface area (Å²) in [7, 11) is 0.